The molecule has 0 bridgehead atoms. The molecule has 0 aliphatic rings. The second kappa shape index (κ2) is 9.14. The first-order chi connectivity index (χ1) is 13.2. The van der Waals surface area contributed by atoms with Crippen LogP contribution in [-0.4, -0.2) is 40.9 Å². The second-order valence-corrected chi connectivity index (χ2v) is 6.75. The molecule has 0 radical (unpaired) electrons. The lowest BCUT2D eigenvalue weighted by atomic mass is 10.1. The Labute approximate surface area is 161 Å². The van der Waals surface area contributed by atoms with E-state index in [1.165, 1.54) is 11.8 Å². The average molecular weight is 380 g/mol. The Morgan fingerprint density at radius 3 is 2.33 bits per heavy atom. The number of amides is 2. The Balaban J connectivity index is 1.75. The molecule has 2 aromatic carbocycles. The normalized spacial score (nSPS) is 10.6. The number of carbonyl (C=O) groups excluding carboxylic acids is 2. The Hall–Kier alpha value is -2.93. The molecule has 0 aliphatic carbocycles. The van der Waals surface area contributed by atoms with Crippen molar-refractivity contribution in [1.29, 1.82) is 0 Å². The van der Waals surface area contributed by atoms with Gasteiger partial charge < -0.3 is 10.6 Å². The highest BCUT2D eigenvalue weighted by Crippen LogP contribution is 2.31. The first kappa shape index (κ1) is 18.8. The lowest BCUT2D eigenvalue weighted by molar-refractivity contribution is -0.124. The Morgan fingerprint density at radius 1 is 0.889 bits per heavy atom. The molecule has 3 rings (SSSR count). The van der Waals surface area contributed by atoms with Crippen molar-refractivity contribution in [1.82, 2.24) is 20.8 Å². The zero-order valence-corrected chi connectivity index (χ0v) is 15.8. The molecule has 1 aromatic heterocycles. The predicted octanol–water partition coefficient (Wildman–Crippen LogP) is 2.64. The smallest absolute Gasteiger partial charge is 0.239 e. The first-order valence-electron chi connectivity index (χ1n) is 8.66. The van der Waals surface area contributed by atoms with Crippen molar-refractivity contribution in [2.24, 2.45) is 0 Å². The van der Waals surface area contributed by atoms with Gasteiger partial charge in [0.25, 0.3) is 0 Å². The highest BCUT2D eigenvalue weighted by molar-refractivity contribution is 8.00. The van der Waals surface area contributed by atoms with E-state index in [1.807, 2.05) is 61.5 Å². The average Bonchev–Trinajstić information content (AvgIpc) is 2.71. The summed E-state index contributed by atoms with van der Waals surface area (Å²) in [5.74, 6) is -0.250. The quantitative estimate of drug-likeness (QED) is 0.616. The van der Waals surface area contributed by atoms with Crippen LogP contribution in [0.2, 0.25) is 0 Å². The third-order valence-electron chi connectivity index (χ3n) is 3.86. The maximum atomic E-state index is 12.0. The van der Waals surface area contributed by atoms with Gasteiger partial charge in [0.05, 0.1) is 12.3 Å². The standard InChI is InChI=1S/C20H20N4O2S/c1-2-21-17(25)12-22-18(26)13-27-20-16-11-7-6-10-15(16)19(23-24-20)14-8-4-3-5-9-14/h3-11H,2,12-13H2,1H3,(H,21,25)(H,22,26). The van der Waals surface area contributed by atoms with E-state index < -0.39 is 0 Å². The molecule has 2 N–H and O–H groups in total. The van der Waals surface area contributed by atoms with Crippen LogP contribution in [0.3, 0.4) is 0 Å². The van der Waals surface area contributed by atoms with Gasteiger partial charge in [0, 0.05) is 22.9 Å². The lowest BCUT2D eigenvalue weighted by Crippen LogP contribution is -2.37. The molecule has 2 amide bonds. The summed E-state index contributed by atoms with van der Waals surface area (Å²) in [6.45, 7) is 2.35. The number of rotatable bonds is 7. The minimum Gasteiger partial charge on any atom is -0.355 e. The zero-order valence-electron chi connectivity index (χ0n) is 14.9. The molecule has 0 atom stereocenters. The number of nitrogens with one attached hydrogen (secondary N) is 2. The molecular weight excluding hydrogens is 360 g/mol. The van der Waals surface area contributed by atoms with Gasteiger partial charge in [-0.15, -0.1) is 10.2 Å². The van der Waals surface area contributed by atoms with E-state index in [9.17, 15) is 9.59 Å². The summed E-state index contributed by atoms with van der Waals surface area (Å²) >= 11 is 1.31. The number of carbonyl (C=O) groups is 2. The molecule has 138 valence electrons. The first-order valence-corrected chi connectivity index (χ1v) is 9.64. The monoisotopic (exact) mass is 380 g/mol. The molecule has 0 saturated carbocycles. The largest absolute Gasteiger partial charge is 0.355 e. The number of thioether (sulfide) groups is 1. The van der Waals surface area contributed by atoms with Crippen molar-refractivity contribution in [3.05, 3.63) is 54.6 Å². The van der Waals surface area contributed by atoms with Crippen LogP contribution in [-0.2, 0) is 9.59 Å². The fraction of sp³-hybridized carbons (Fsp3) is 0.200. The van der Waals surface area contributed by atoms with Crippen LogP contribution >= 0.6 is 11.8 Å². The van der Waals surface area contributed by atoms with E-state index in [1.54, 1.807) is 0 Å². The Bertz CT molecular complexity index is 947. The van der Waals surface area contributed by atoms with Crippen LogP contribution in [0.1, 0.15) is 6.92 Å². The van der Waals surface area contributed by atoms with Gasteiger partial charge in [0.1, 0.15) is 10.7 Å². The lowest BCUT2D eigenvalue weighted by Gasteiger charge is -2.09. The molecule has 6 nitrogen and oxygen atoms in total. The van der Waals surface area contributed by atoms with Crippen molar-refractivity contribution in [3.63, 3.8) is 0 Å². The molecule has 0 spiro atoms. The molecule has 0 unspecified atom stereocenters. The maximum Gasteiger partial charge on any atom is 0.239 e. The summed E-state index contributed by atoms with van der Waals surface area (Å²) in [6.07, 6.45) is 0. The predicted molar refractivity (Wildman–Crippen MR) is 107 cm³/mol. The van der Waals surface area contributed by atoms with Gasteiger partial charge in [-0.1, -0.05) is 66.4 Å². The molecule has 3 aromatic rings. The third kappa shape index (κ3) is 4.83. The third-order valence-corrected chi connectivity index (χ3v) is 4.84. The van der Waals surface area contributed by atoms with Crippen molar-refractivity contribution in [2.75, 3.05) is 18.8 Å². The molecule has 0 fully saturated rings. The van der Waals surface area contributed by atoms with Gasteiger partial charge >= 0.3 is 0 Å². The number of hydrogen-bond donors (Lipinski definition) is 2. The number of benzene rings is 2. The summed E-state index contributed by atoms with van der Waals surface area (Å²) < 4.78 is 0. The van der Waals surface area contributed by atoms with Crippen LogP contribution in [0.5, 0.6) is 0 Å². The summed E-state index contributed by atoms with van der Waals surface area (Å²) in [4.78, 5) is 23.4. The SMILES string of the molecule is CCNC(=O)CNC(=O)CSc1nnc(-c2ccccc2)c2ccccc12. The van der Waals surface area contributed by atoms with Crippen LogP contribution in [0.4, 0.5) is 0 Å². The topological polar surface area (TPSA) is 84.0 Å². The summed E-state index contributed by atoms with van der Waals surface area (Å²) in [6, 6.07) is 17.8. The zero-order chi connectivity index (χ0) is 19.1. The highest BCUT2D eigenvalue weighted by atomic mass is 32.2. The Morgan fingerprint density at radius 2 is 1.59 bits per heavy atom. The molecule has 0 aliphatic heterocycles. The molecule has 0 saturated heterocycles. The summed E-state index contributed by atoms with van der Waals surface area (Å²) in [7, 11) is 0. The maximum absolute atomic E-state index is 12.0. The number of fused-ring (bicyclic) bond motifs is 1. The minimum absolute atomic E-state index is 0.0212. The highest BCUT2D eigenvalue weighted by Gasteiger charge is 2.13. The van der Waals surface area contributed by atoms with E-state index in [4.69, 9.17) is 0 Å². The van der Waals surface area contributed by atoms with Crippen LogP contribution in [0.15, 0.2) is 59.6 Å². The number of nitrogens with zero attached hydrogens (tertiary/aromatic N) is 2. The van der Waals surface area contributed by atoms with Crippen molar-refractivity contribution in [2.45, 2.75) is 11.9 Å². The van der Waals surface area contributed by atoms with Crippen molar-refractivity contribution >= 4 is 34.3 Å². The molecule has 1 heterocycles. The summed E-state index contributed by atoms with van der Waals surface area (Å²) in [5.41, 5.74) is 1.81. The van der Waals surface area contributed by atoms with E-state index >= 15 is 0 Å². The van der Waals surface area contributed by atoms with Gasteiger partial charge in [-0.2, -0.15) is 0 Å². The van der Waals surface area contributed by atoms with Crippen LogP contribution in [0.25, 0.3) is 22.0 Å². The van der Waals surface area contributed by atoms with Crippen molar-refractivity contribution in [3.8, 4) is 11.3 Å². The van der Waals surface area contributed by atoms with E-state index in [0.29, 0.717) is 11.6 Å². The van der Waals surface area contributed by atoms with Gasteiger partial charge in [-0.3, -0.25) is 9.59 Å². The second-order valence-electron chi connectivity index (χ2n) is 5.78. The fourth-order valence-electron chi connectivity index (χ4n) is 2.62. The molecule has 27 heavy (non-hydrogen) atoms. The fourth-order valence-corrected chi connectivity index (χ4v) is 3.42. The summed E-state index contributed by atoms with van der Waals surface area (Å²) in [5, 5.41) is 16.6. The number of hydrogen-bond acceptors (Lipinski definition) is 5. The van der Waals surface area contributed by atoms with Gasteiger partial charge in [0.15, 0.2) is 0 Å². The molecule has 7 heteroatoms. The Kier molecular flexibility index (Phi) is 6.38. The van der Waals surface area contributed by atoms with E-state index in [0.717, 1.165) is 22.0 Å². The van der Waals surface area contributed by atoms with Gasteiger partial charge in [-0.05, 0) is 6.92 Å². The number of likely N-dealkylation sites (N-methyl/N-ethyl adjacent to an activating group) is 1. The van der Waals surface area contributed by atoms with Crippen LogP contribution in [0, 0.1) is 0 Å². The van der Waals surface area contributed by atoms with Crippen LogP contribution < -0.4 is 10.6 Å². The van der Waals surface area contributed by atoms with E-state index in [-0.39, 0.29) is 24.1 Å². The van der Waals surface area contributed by atoms with Crippen molar-refractivity contribution < 1.29 is 9.59 Å². The van der Waals surface area contributed by atoms with Gasteiger partial charge in [-0.25, -0.2) is 0 Å². The minimum atomic E-state index is -0.218. The van der Waals surface area contributed by atoms with Gasteiger partial charge in [0.2, 0.25) is 11.8 Å². The molecular formula is C20H20N4O2S. The number of aromatic nitrogens is 2. The van der Waals surface area contributed by atoms with E-state index in [2.05, 4.69) is 20.8 Å².